The molecule has 0 saturated heterocycles. The van der Waals surface area contributed by atoms with Gasteiger partial charge < -0.3 is 9.30 Å². The summed E-state index contributed by atoms with van der Waals surface area (Å²) in [6.07, 6.45) is -3.41. The quantitative estimate of drug-likeness (QED) is 0.123. The van der Waals surface area contributed by atoms with Gasteiger partial charge in [0.2, 0.25) is 0 Å². The van der Waals surface area contributed by atoms with E-state index < -0.39 is 91.2 Å². The minimum absolute atomic E-state index is 0.182. The number of aromatic nitrogens is 5. The minimum Gasteiger partial charge on any atom is -0.458 e. The molecule has 1 aliphatic heterocycles. The standard InChI is InChI=1S/C82H71N5O/c1-79(2,3)53-38-41-83-76(47-53)87-72-33-20-17-30-64(72)65-36-35-57(49-73(65)87)88-56-23-21-22-55(48-56)84-50-85-77-66(42-52(44-74(77)84)51-34-37-68-69(43-51)82(9,10)40-39-81(68,7)8)60-26-13-11-24-58(60)59-25-12-14-27-61(59)67-45-54(80(4,5)6)46-75(78(67)85)86-70-31-18-15-28-62(70)63-29-16-19-32-71(63)86/h11-38,41-49H,39-40H2,1-10H3/i7D3,8D3,9D3,10D3,34D,37D,39D2,40D2,43D. The van der Waals surface area contributed by atoms with Crippen molar-refractivity contribution in [1.82, 2.24) is 18.7 Å². The molecule has 0 bridgehead atoms. The Morgan fingerprint density at radius 2 is 1.08 bits per heavy atom. The molecule has 88 heavy (non-hydrogen) atoms. The van der Waals surface area contributed by atoms with E-state index in [2.05, 4.69) is 118 Å². The van der Waals surface area contributed by atoms with Crippen LogP contribution in [0.5, 0.6) is 11.5 Å². The van der Waals surface area contributed by atoms with E-state index in [-0.39, 0.29) is 16.5 Å². The predicted molar refractivity (Wildman–Crippen MR) is 365 cm³/mol. The second-order valence-electron chi connectivity index (χ2n) is 25.3. The highest BCUT2D eigenvalue weighted by Gasteiger charge is 2.38. The highest BCUT2D eigenvalue weighted by atomic mass is 16.5. The Kier molecular flexibility index (Phi) is 8.15. The lowest BCUT2D eigenvalue weighted by atomic mass is 9.63. The number of ether oxygens (including phenoxy) is 1. The van der Waals surface area contributed by atoms with Crippen LogP contribution in [-0.2, 0) is 21.7 Å². The second kappa shape index (κ2) is 19.4. The maximum atomic E-state index is 10.6. The number of rotatable bonds is 6. The molecule has 0 spiro atoms. The molecule has 0 amide bonds. The monoisotopic (exact) mass is 1160 g/mol. The van der Waals surface area contributed by atoms with Gasteiger partial charge in [-0.2, -0.15) is 0 Å². The second-order valence-corrected chi connectivity index (χ2v) is 25.3. The Hall–Kier alpha value is -9.78. The summed E-state index contributed by atoms with van der Waals surface area (Å²) in [5.74, 6) is 1.55. The molecular formula is C82H71N5O. The first-order valence-corrected chi connectivity index (χ1v) is 29.5. The summed E-state index contributed by atoms with van der Waals surface area (Å²) < 4.78 is 194. The molecule has 430 valence electrons. The van der Waals surface area contributed by atoms with Crippen molar-refractivity contribution < 1.29 is 35.3 Å². The normalized spacial score (nSPS) is 19.2. The average Bonchev–Trinajstić information content (AvgIpc) is 1.20. The van der Waals surface area contributed by atoms with Crippen LogP contribution in [0.15, 0.2) is 225 Å². The molecule has 6 heteroatoms. The van der Waals surface area contributed by atoms with Gasteiger partial charge in [0.05, 0.1) is 54.3 Å². The average molecular weight is 1160 g/mol. The first kappa shape index (κ1) is 37.0. The lowest BCUT2D eigenvalue weighted by Gasteiger charge is -2.42. The van der Waals surface area contributed by atoms with E-state index in [0.29, 0.717) is 45.1 Å². The third kappa shape index (κ3) is 8.43. The number of nitrogens with zero attached hydrogens (tertiary/aromatic N) is 5. The van der Waals surface area contributed by atoms with Crippen molar-refractivity contribution in [2.24, 2.45) is 0 Å². The van der Waals surface area contributed by atoms with Crippen LogP contribution in [0.4, 0.5) is 0 Å². The number of imidazole rings is 1. The van der Waals surface area contributed by atoms with Crippen LogP contribution in [0.25, 0.3) is 122 Å². The molecule has 0 saturated carbocycles. The molecule has 10 aromatic carbocycles. The van der Waals surface area contributed by atoms with Crippen LogP contribution in [0.3, 0.4) is 0 Å². The van der Waals surface area contributed by atoms with Crippen LogP contribution in [-0.4, -0.2) is 18.7 Å². The number of fused-ring (bicyclic) bond motifs is 14. The molecule has 2 aliphatic rings. The fourth-order valence-electron chi connectivity index (χ4n) is 13.2. The largest absolute Gasteiger partial charge is 0.458 e. The van der Waals surface area contributed by atoms with Gasteiger partial charge in [0.25, 0.3) is 6.33 Å². The Balaban J connectivity index is 1.05. The van der Waals surface area contributed by atoms with Gasteiger partial charge in [0.1, 0.15) is 17.3 Å². The Labute approximate surface area is 542 Å². The van der Waals surface area contributed by atoms with E-state index in [1.165, 1.54) is 0 Å². The van der Waals surface area contributed by atoms with Gasteiger partial charge >= 0.3 is 0 Å². The summed E-state index contributed by atoms with van der Waals surface area (Å²) >= 11 is 0. The number of hydrogen-bond donors (Lipinski definition) is 0. The zero-order chi connectivity index (χ0) is 76.4. The fraction of sp³-hybridized carbons (Fsp3) is 0.195. The van der Waals surface area contributed by atoms with E-state index in [1.54, 1.807) is 34.9 Å². The highest BCUT2D eigenvalue weighted by Crippen LogP contribution is 2.51. The zero-order valence-corrected chi connectivity index (χ0v) is 49.3. The molecule has 5 heterocycles. The lowest BCUT2D eigenvalue weighted by Crippen LogP contribution is -2.33. The Morgan fingerprint density at radius 1 is 0.500 bits per heavy atom. The van der Waals surface area contributed by atoms with Crippen molar-refractivity contribution in [1.29, 1.82) is 0 Å². The third-order valence-corrected chi connectivity index (χ3v) is 17.6. The van der Waals surface area contributed by atoms with E-state index in [9.17, 15) is 17.8 Å². The number of benzene rings is 10. The lowest BCUT2D eigenvalue weighted by molar-refractivity contribution is -0.571. The SMILES string of the molecule is [2H]c1c([2H])c2c(c([2H])c1-c1cc3c4c(c1)n(-c1cccc(Oc5ccc6c7ccccc7n(-c7cc(C(C)(C)C)ccn7)c6c5)c1)[c-][n+]4-c1c(cc(C(C)(C)C)cc1-n1c4ccccc4c4ccccc41)-c1ccccc1-c1ccccc1-3)C(C([2H])([2H])[2H])(C([2H])([2H])[2H])C([2H])([2H])C([2H])([2H])C2(C([2H])([2H])[2H])C([2H])([2H])[2H]. The smallest absolute Gasteiger partial charge is 0.269 e. The summed E-state index contributed by atoms with van der Waals surface area (Å²) in [4.78, 5) is 4.90. The summed E-state index contributed by atoms with van der Waals surface area (Å²) in [5.41, 5.74) is -1.24. The topological polar surface area (TPSA) is 40.8 Å². The van der Waals surface area contributed by atoms with Crippen LogP contribution in [0.1, 0.15) is 130 Å². The molecule has 0 unspecified atom stereocenters. The number of para-hydroxylation sites is 3. The van der Waals surface area contributed by atoms with E-state index in [4.69, 9.17) is 17.9 Å². The number of hydrogen-bond acceptors (Lipinski definition) is 2. The molecule has 0 fully saturated rings. The highest BCUT2D eigenvalue weighted by molar-refractivity contribution is 6.11. The maximum Gasteiger partial charge on any atom is 0.269 e. The molecule has 1 aliphatic carbocycles. The van der Waals surface area contributed by atoms with Gasteiger partial charge in [-0.05, 0) is 174 Å². The summed E-state index contributed by atoms with van der Waals surface area (Å²) in [6, 6.07) is 60.9. The number of pyridine rings is 1. The summed E-state index contributed by atoms with van der Waals surface area (Å²) in [7, 11) is 0. The molecule has 0 radical (unpaired) electrons. The van der Waals surface area contributed by atoms with Gasteiger partial charge in [-0.1, -0.05) is 208 Å². The van der Waals surface area contributed by atoms with Crippen LogP contribution >= 0.6 is 0 Å². The third-order valence-electron chi connectivity index (χ3n) is 17.6. The van der Waals surface area contributed by atoms with E-state index >= 15 is 0 Å². The molecule has 4 aromatic heterocycles. The van der Waals surface area contributed by atoms with Crippen molar-refractivity contribution in [2.45, 2.75) is 103 Å². The Bertz CT molecular complexity index is 6010. The van der Waals surface area contributed by atoms with Crippen LogP contribution in [0.2, 0.25) is 0 Å². The van der Waals surface area contributed by atoms with Gasteiger partial charge in [0, 0.05) is 55.7 Å². The molecule has 16 rings (SSSR count). The van der Waals surface area contributed by atoms with Gasteiger partial charge in [-0.25, -0.2) is 4.98 Å². The van der Waals surface area contributed by atoms with Crippen molar-refractivity contribution in [3.63, 3.8) is 0 Å². The summed E-state index contributed by atoms with van der Waals surface area (Å²) in [6.45, 7) is -4.11. The molecule has 14 aromatic rings. The molecule has 0 N–H and O–H groups in total. The van der Waals surface area contributed by atoms with Crippen molar-refractivity contribution in [3.8, 4) is 78.9 Å². The summed E-state index contributed by atoms with van der Waals surface area (Å²) in [5, 5.41) is 3.93. The minimum atomic E-state index is -4.54. The first-order valence-electron chi connectivity index (χ1n) is 39.0. The zero-order valence-electron chi connectivity index (χ0n) is 68.3. The van der Waals surface area contributed by atoms with Gasteiger partial charge in [0.15, 0.2) is 0 Å². The molecule has 0 atom stereocenters. The fourth-order valence-corrected chi connectivity index (χ4v) is 13.2. The maximum absolute atomic E-state index is 10.6. The Morgan fingerprint density at radius 3 is 1.73 bits per heavy atom. The van der Waals surface area contributed by atoms with Gasteiger partial charge in [-0.15, -0.1) is 0 Å². The molecular weight excluding hydrogens is 1070 g/mol. The molecule has 6 nitrogen and oxygen atoms in total. The van der Waals surface area contributed by atoms with Crippen molar-refractivity contribution in [2.75, 3.05) is 0 Å². The van der Waals surface area contributed by atoms with E-state index in [1.807, 2.05) is 120 Å². The van der Waals surface area contributed by atoms with E-state index in [0.717, 1.165) is 82.9 Å². The van der Waals surface area contributed by atoms with Crippen LogP contribution < -0.4 is 9.30 Å². The predicted octanol–water partition coefficient (Wildman–Crippen LogP) is 21.0. The van der Waals surface area contributed by atoms with Crippen molar-refractivity contribution in [3.05, 3.63) is 253 Å². The first-order chi connectivity index (χ1) is 50.2. The van der Waals surface area contributed by atoms with Crippen molar-refractivity contribution >= 4 is 54.6 Å². The van der Waals surface area contributed by atoms with Gasteiger partial charge in [-0.3, -0.25) is 13.7 Å². The van der Waals surface area contributed by atoms with Crippen LogP contribution in [0, 0.1) is 6.33 Å².